The van der Waals surface area contributed by atoms with Gasteiger partial charge in [0.1, 0.15) is 0 Å². The van der Waals surface area contributed by atoms with Crippen molar-refractivity contribution in [3.8, 4) is 0 Å². The monoisotopic (exact) mass is 213 g/mol. The summed E-state index contributed by atoms with van der Waals surface area (Å²) in [4.78, 5) is 0. The maximum Gasteiger partial charge on any atom is 0.0728 e. The summed E-state index contributed by atoms with van der Waals surface area (Å²) in [5.74, 6) is 0.733. The molecule has 0 aromatic rings. The maximum atomic E-state index is 6.03. The Morgan fingerprint density at radius 3 is 2.73 bits per heavy atom. The van der Waals surface area contributed by atoms with Crippen molar-refractivity contribution in [2.24, 2.45) is 5.92 Å². The molecule has 88 valence electrons. The van der Waals surface area contributed by atoms with Gasteiger partial charge in [-0.1, -0.05) is 0 Å². The van der Waals surface area contributed by atoms with Gasteiger partial charge in [0, 0.05) is 19.3 Å². The highest BCUT2D eigenvalue weighted by Gasteiger charge is 2.27. The van der Waals surface area contributed by atoms with Gasteiger partial charge in [-0.25, -0.2) is 0 Å². The minimum absolute atomic E-state index is 0.456. The number of hydrogen-bond donors (Lipinski definition) is 1. The summed E-state index contributed by atoms with van der Waals surface area (Å²) >= 11 is 0. The minimum atomic E-state index is 0.456. The van der Waals surface area contributed by atoms with E-state index in [0.29, 0.717) is 12.1 Å². The highest BCUT2D eigenvalue weighted by atomic mass is 16.5. The zero-order valence-electron chi connectivity index (χ0n) is 9.71. The fourth-order valence-electron chi connectivity index (χ4n) is 2.63. The lowest BCUT2D eigenvalue weighted by molar-refractivity contribution is -0.0160. The highest BCUT2D eigenvalue weighted by molar-refractivity contribution is 4.83. The van der Waals surface area contributed by atoms with Crippen LogP contribution in [0.5, 0.6) is 0 Å². The highest BCUT2D eigenvalue weighted by Crippen LogP contribution is 2.24. The molecule has 2 atom stereocenters. The molecular formula is C12H23NO2. The molecule has 1 N–H and O–H groups in total. The van der Waals surface area contributed by atoms with Crippen LogP contribution in [0.1, 0.15) is 32.1 Å². The van der Waals surface area contributed by atoms with Gasteiger partial charge in [-0.2, -0.15) is 0 Å². The van der Waals surface area contributed by atoms with E-state index < -0.39 is 0 Å². The topological polar surface area (TPSA) is 30.5 Å². The molecule has 0 spiro atoms. The van der Waals surface area contributed by atoms with Crippen molar-refractivity contribution >= 4 is 0 Å². The maximum absolute atomic E-state index is 6.03. The third kappa shape index (κ3) is 3.16. The minimum Gasteiger partial charge on any atom is -0.381 e. The molecule has 2 aliphatic rings. The van der Waals surface area contributed by atoms with E-state index in [9.17, 15) is 0 Å². The summed E-state index contributed by atoms with van der Waals surface area (Å²) in [6, 6.07) is 0.588. The first-order chi connectivity index (χ1) is 7.40. The van der Waals surface area contributed by atoms with E-state index in [4.69, 9.17) is 9.47 Å². The number of hydrogen-bond acceptors (Lipinski definition) is 3. The van der Waals surface area contributed by atoms with Crippen LogP contribution in [-0.2, 0) is 9.47 Å². The van der Waals surface area contributed by atoms with Crippen LogP contribution in [0.15, 0.2) is 0 Å². The van der Waals surface area contributed by atoms with Gasteiger partial charge in [-0.15, -0.1) is 0 Å². The molecule has 1 aliphatic heterocycles. The first-order valence-corrected chi connectivity index (χ1v) is 6.26. The van der Waals surface area contributed by atoms with E-state index in [0.717, 1.165) is 25.7 Å². The van der Waals surface area contributed by atoms with E-state index in [2.05, 4.69) is 5.32 Å². The summed E-state index contributed by atoms with van der Waals surface area (Å²) in [5.41, 5.74) is 0. The van der Waals surface area contributed by atoms with Crippen LogP contribution < -0.4 is 5.32 Å². The van der Waals surface area contributed by atoms with Crippen molar-refractivity contribution in [3.63, 3.8) is 0 Å². The molecule has 2 fully saturated rings. The molecule has 1 saturated heterocycles. The third-order valence-electron chi connectivity index (χ3n) is 3.71. The van der Waals surface area contributed by atoms with Gasteiger partial charge in [-0.3, -0.25) is 0 Å². The average Bonchev–Trinajstić information content (AvgIpc) is 2.75. The molecule has 1 saturated carbocycles. The van der Waals surface area contributed by atoms with E-state index in [1.165, 1.54) is 32.1 Å². The molecule has 3 nitrogen and oxygen atoms in total. The van der Waals surface area contributed by atoms with Gasteiger partial charge in [-0.05, 0) is 45.1 Å². The number of nitrogens with one attached hydrogen (secondary N) is 1. The smallest absolute Gasteiger partial charge is 0.0728 e. The summed E-state index contributed by atoms with van der Waals surface area (Å²) < 4.78 is 11.4. The largest absolute Gasteiger partial charge is 0.381 e. The Bertz CT molecular complexity index is 180. The van der Waals surface area contributed by atoms with Gasteiger partial charge in [0.25, 0.3) is 0 Å². The summed E-state index contributed by atoms with van der Waals surface area (Å²) in [7, 11) is 2.04. The first-order valence-electron chi connectivity index (χ1n) is 6.26. The van der Waals surface area contributed by atoms with Crippen molar-refractivity contribution < 1.29 is 9.47 Å². The summed E-state index contributed by atoms with van der Waals surface area (Å²) in [5, 5.41) is 3.35. The molecule has 0 amide bonds. The van der Waals surface area contributed by atoms with Crippen molar-refractivity contribution in [3.05, 3.63) is 0 Å². The number of rotatable bonds is 4. The van der Waals surface area contributed by atoms with E-state index in [-0.39, 0.29) is 0 Å². The molecule has 2 rings (SSSR count). The Morgan fingerprint density at radius 2 is 2.00 bits per heavy atom. The number of ether oxygens (including phenoxy) is 2. The van der Waals surface area contributed by atoms with Crippen LogP contribution in [0.4, 0.5) is 0 Å². The Morgan fingerprint density at radius 1 is 1.20 bits per heavy atom. The quantitative estimate of drug-likeness (QED) is 0.769. The molecular weight excluding hydrogens is 190 g/mol. The van der Waals surface area contributed by atoms with Crippen LogP contribution in [-0.4, -0.2) is 39.0 Å². The number of likely N-dealkylation sites (N-methyl/N-ethyl adjacent to an activating group) is 1. The average molecular weight is 213 g/mol. The fraction of sp³-hybridized carbons (Fsp3) is 1.00. The second kappa shape index (κ2) is 5.83. The summed E-state index contributed by atoms with van der Waals surface area (Å²) in [6.07, 6.45) is 6.62. The lowest BCUT2D eigenvalue weighted by Gasteiger charge is -2.25. The van der Waals surface area contributed by atoms with Crippen LogP contribution in [0.25, 0.3) is 0 Å². The van der Waals surface area contributed by atoms with Crippen molar-refractivity contribution in [2.75, 3.05) is 26.9 Å². The third-order valence-corrected chi connectivity index (χ3v) is 3.71. The van der Waals surface area contributed by atoms with Crippen molar-refractivity contribution in [2.45, 2.75) is 44.2 Å². The SMILES string of the molecule is CNC1CCCC1OCC1CCOCC1. The van der Waals surface area contributed by atoms with Gasteiger partial charge >= 0.3 is 0 Å². The molecule has 0 aromatic heterocycles. The second-order valence-electron chi connectivity index (χ2n) is 4.75. The Labute approximate surface area is 92.5 Å². The first kappa shape index (κ1) is 11.4. The molecule has 1 heterocycles. The molecule has 1 aliphatic carbocycles. The molecule has 15 heavy (non-hydrogen) atoms. The van der Waals surface area contributed by atoms with E-state index in [1.807, 2.05) is 7.05 Å². The lowest BCUT2D eigenvalue weighted by atomic mass is 10.0. The lowest BCUT2D eigenvalue weighted by Crippen LogP contribution is -2.36. The van der Waals surface area contributed by atoms with Gasteiger partial charge in [0.2, 0.25) is 0 Å². The Hall–Kier alpha value is -0.120. The predicted octanol–water partition coefficient (Wildman–Crippen LogP) is 1.57. The molecule has 0 radical (unpaired) electrons. The van der Waals surface area contributed by atoms with Crippen molar-refractivity contribution in [1.29, 1.82) is 0 Å². The van der Waals surface area contributed by atoms with E-state index in [1.54, 1.807) is 0 Å². The second-order valence-corrected chi connectivity index (χ2v) is 4.75. The summed E-state index contributed by atoms with van der Waals surface area (Å²) in [6.45, 7) is 2.79. The van der Waals surface area contributed by atoms with Crippen LogP contribution in [0.2, 0.25) is 0 Å². The molecule has 0 bridgehead atoms. The molecule has 0 aromatic carbocycles. The van der Waals surface area contributed by atoms with Gasteiger partial charge in [0.05, 0.1) is 12.7 Å². The zero-order chi connectivity index (χ0) is 10.5. The van der Waals surface area contributed by atoms with Crippen LogP contribution in [0.3, 0.4) is 0 Å². The van der Waals surface area contributed by atoms with Crippen LogP contribution in [0, 0.1) is 5.92 Å². The Balaban J connectivity index is 1.67. The van der Waals surface area contributed by atoms with Gasteiger partial charge in [0.15, 0.2) is 0 Å². The van der Waals surface area contributed by atoms with Gasteiger partial charge < -0.3 is 14.8 Å². The van der Waals surface area contributed by atoms with E-state index >= 15 is 0 Å². The standard InChI is InChI=1S/C12H23NO2/c1-13-11-3-2-4-12(11)15-9-10-5-7-14-8-6-10/h10-13H,2-9H2,1H3. The normalized spacial score (nSPS) is 33.4. The molecule has 3 heteroatoms. The van der Waals surface area contributed by atoms with Crippen molar-refractivity contribution in [1.82, 2.24) is 5.32 Å². The Kier molecular flexibility index (Phi) is 4.42. The predicted molar refractivity (Wildman–Crippen MR) is 60.0 cm³/mol. The molecule has 2 unspecified atom stereocenters. The fourth-order valence-corrected chi connectivity index (χ4v) is 2.63. The zero-order valence-corrected chi connectivity index (χ0v) is 9.71. The van der Waals surface area contributed by atoms with Crippen LogP contribution >= 0.6 is 0 Å².